The van der Waals surface area contributed by atoms with Crippen LogP contribution in [0, 0.1) is 5.41 Å². The molecule has 0 spiro atoms. The van der Waals surface area contributed by atoms with Crippen LogP contribution in [0.25, 0.3) is 0 Å². The molecule has 1 aliphatic carbocycles. The van der Waals surface area contributed by atoms with Crippen LogP contribution in [-0.4, -0.2) is 28.2 Å². The molecule has 0 bridgehead atoms. The van der Waals surface area contributed by atoms with Gasteiger partial charge in [-0.1, -0.05) is 13.8 Å². The van der Waals surface area contributed by atoms with Gasteiger partial charge in [0.05, 0.1) is 6.61 Å². The molecule has 1 aliphatic rings. The Hall–Kier alpha value is -1.16. The lowest BCUT2D eigenvalue weighted by atomic mass is 10.1. The van der Waals surface area contributed by atoms with Gasteiger partial charge in [0.1, 0.15) is 12.1 Å². The van der Waals surface area contributed by atoms with Crippen LogP contribution in [0.2, 0.25) is 0 Å². The molecule has 0 aromatic carbocycles. The number of nitrogens with one attached hydrogen (secondary N) is 1. The molecule has 1 aromatic rings. The maximum Gasteiger partial charge on any atom is 0.129 e. The molecule has 1 fully saturated rings. The average Bonchev–Trinajstić information content (AvgIpc) is 3.07. The molecule has 16 heavy (non-hydrogen) atoms. The molecule has 0 amide bonds. The summed E-state index contributed by atoms with van der Waals surface area (Å²) < 4.78 is 0. The summed E-state index contributed by atoms with van der Waals surface area (Å²) in [5.74, 6) is 1.27. The Morgan fingerprint density at radius 2 is 2.19 bits per heavy atom. The Morgan fingerprint density at radius 1 is 1.44 bits per heavy atom. The molecule has 1 saturated carbocycles. The molecule has 2 N–H and O–H groups in total. The first-order chi connectivity index (χ1) is 7.65. The minimum absolute atomic E-state index is 0.114. The smallest absolute Gasteiger partial charge is 0.129 e. The lowest BCUT2D eigenvalue weighted by Gasteiger charge is -2.13. The van der Waals surface area contributed by atoms with Crippen molar-refractivity contribution in [2.24, 2.45) is 5.41 Å². The van der Waals surface area contributed by atoms with Gasteiger partial charge in [0, 0.05) is 23.7 Å². The first-order valence-corrected chi connectivity index (χ1v) is 5.82. The molecular weight excluding hydrogens is 202 g/mol. The van der Waals surface area contributed by atoms with Crippen molar-refractivity contribution in [3.05, 3.63) is 18.1 Å². The molecule has 1 heterocycles. The van der Waals surface area contributed by atoms with Crippen molar-refractivity contribution in [3.8, 4) is 0 Å². The Morgan fingerprint density at radius 3 is 2.75 bits per heavy atom. The van der Waals surface area contributed by atoms with Crippen molar-refractivity contribution in [1.29, 1.82) is 0 Å². The SMILES string of the molecule is CC(C)c1cc(NCC2(CO)CC2)ncn1. The molecule has 0 unspecified atom stereocenters. The largest absolute Gasteiger partial charge is 0.396 e. The molecule has 0 saturated heterocycles. The third-order valence-electron chi connectivity index (χ3n) is 3.22. The number of aliphatic hydroxyl groups excluding tert-OH is 1. The van der Waals surface area contributed by atoms with Crippen LogP contribution in [0.15, 0.2) is 12.4 Å². The first-order valence-electron chi connectivity index (χ1n) is 5.82. The molecule has 88 valence electrons. The van der Waals surface area contributed by atoms with E-state index in [4.69, 9.17) is 0 Å². The van der Waals surface area contributed by atoms with Gasteiger partial charge >= 0.3 is 0 Å². The van der Waals surface area contributed by atoms with Gasteiger partial charge in [-0.25, -0.2) is 9.97 Å². The second-order valence-corrected chi connectivity index (χ2v) is 4.99. The van der Waals surface area contributed by atoms with Gasteiger partial charge in [0.15, 0.2) is 0 Å². The third-order valence-corrected chi connectivity index (χ3v) is 3.22. The summed E-state index contributed by atoms with van der Waals surface area (Å²) in [4.78, 5) is 8.40. The van der Waals surface area contributed by atoms with E-state index in [0.717, 1.165) is 30.9 Å². The highest BCUT2D eigenvalue weighted by molar-refractivity contribution is 5.36. The van der Waals surface area contributed by atoms with Crippen molar-refractivity contribution in [1.82, 2.24) is 9.97 Å². The summed E-state index contributed by atoms with van der Waals surface area (Å²) in [7, 11) is 0. The van der Waals surface area contributed by atoms with E-state index in [2.05, 4.69) is 29.1 Å². The van der Waals surface area contributed by atoms with Gasteiger partial charge in [0.25, 0.3) is 0 Å². The van der Waals surface area contributed by atoms with Crippen molar-refractivity contribution in [2.45, 2.75) is 32.6 Å². The monoisotopic (exact) mass is 221 g/mol. The maximum absolute atomic E-state index is 9.20. The zero-order valence-corrected chi connectivity index (χ0v) is 9.90. The lowest BCUT2D eigenvalue weighted by Crippen LogP contribution is -2.19. The predicted molar refractivity (Wildman–Crippen MR) is 63.4 cm³/mol. The van der Waals surface area contributed by atoms with Crippen LogP contribution >= 0.6 is 0 Å². The number of hydrogen-bond acceptors (Lipinski definition) is 4. The minimum atomic E-state index is 0.114. The van der Waals surface area contributed by atoms with E-state index in [-0.39, 0.29) is 12.0 Å². The Kier molecular flexibility index (Phi) is 3.10. The average molecular weight is 221 g/mol. The summed E-state index contributed by atoms with van der Waals surface area (Å²) in [6.07, 6.45) is 3.81. The van der Waals surface area contributed by atoms with Crippen molar-refractivity contribution in [2.75, 3.05) is 18.5 Å². The zero-order valence-electron chi connectivity index (χ0n) is 9.90. The third kappa shape index (κ3) is 2.50. The zero-order chi connectivity index (χ0) is 11.6. The van der Waals surface area contributed by atoms with E-state index in [1.165, 1.54) is 0 Å². The van der Waals surface area contributed by atoms with Crippen LogP contribution < -0.4 is 5.32 Å². The molecule has 0 aliphatic heterocycles. The lowest BCUT2D eigenvalue weighted by molar-refractivity contribution is 0.219. The molecule has 2 rings (SSSR count). The van der Waals surface area contributed by atoms with Crippen molar-refractivity contribution >= 4 is 5.82 Å². The van der Waals surface area contributed by atoms with E-state index >= 15 is 0 Å². The van der Waals surface area contributed by atoms with Gasteiger partial charge in [-0.15, -0.1) is 0 Å². The van der Waals surface area contributed by atoms with Crippen LogP contribution in [0.1, 0.15) is 38.3 Å². The van der Waals surface area contributed by atoms with E-state index < -0.39 is 0 Å². The molecular formula is C12H19N3O. The van der Waals surface area contributed by atoms with Gasteiger partial charge < -0.3 is 10.4 Å². The van der Waals surface area contributed by atoms with Gasteiger partial charge in [-0.3, -0.25) is 0 Å². The standard InChI is InChI=1S/C12H19N3O/c1-9(2)10-5-11(15-8-14-10)13-6-12(7-16)3-4-12/h5,8-9,16H,3-4,6-7H2,1-2H3,(H,13,14,15). The van der Waals surface area contributed by atoms with Crippen LogP contribution in [0.5, 0.6) is 0 Å². The number of hydrogen-bond donors (Lipinski definition) is 2. The Labute approximate surface area is 96.1 Å². The molecule has 4 heteroatoms. The van der Waals surface area contributed by atoms with E-state index in [1.807, 2.05) is 6.07 Å². The van der Waals surface area contributed by atoms with Crippen molar-refractivity contribution in [3.63, 3.8) is 0 Å². The van der Waals surface area contributed by atoms with E-state index in [1.54, 1.807) is 6.33 Å². The molecule has 4 nitrogen and oxygen atoms in total. The van der Waals surface area contributed by atoms with Gasteiger partial charge in [-0.05, 0) is 18.8 Å². The highest BCUT2D eigenvalue weighted by atomic mass is 16.3. The van der Waals surface area contributed by atoms with Crippen LogP contribution in [0.4, 0.5) is 5.82 Å². The highest BCUT2D eigenvalue weighted by Gasteiger charge is 2.41. The fourth-order valence-corrected chi connectivity index (χ4v) is 1.63. The number of rotatable bonds is 5. The molecule has 0 atom stereocenters. The summed E-state index contributed by atoms with van der Waals surface area (Å²) in [6.45, 7) is 5.30. The predicted octanol–water partition coefficient (Wildman–Crippen LogP) is 1.78. The number of aromatic nitrogens is 2. The maximum atomic E-state index is 9.20. The Bertz CT molecular complexity index is 361. The van der Waals surface area contributed by atoms with Crippen LogP contribution in [0.3, 0.4) is 0 Å². The second-order valence-electron chi connectivity index (χ2n) is 4.99. The Balaban J connectivity index is 1.96. The number of aliphatic hydroxyl groups is 1. The topological polar surface area (TPSA) is 58.0 Å². The second kappa shape index (κ2) is 4.37. The van der Waals surface area contributed by atoms with Gasteiger partial charge in [-0.2, -0.15) is 0 Å². The summed E-state index contributed by atoms with van der Waals surface area (Å²) >= 11 is 0. The fourth-order valence-electron chi connectivity index (χ4n) is 1.63. The summed E-state index contributed by atoms with van der Waals surface area (Å²) in [5, 5.41) is 12.5. The summed E-state index contributed by atoms with van der Waals surface area (Å²) in [5.41, 5.74) is 1.16. The fraction of sp³-hybridized carbons (Fsp3) is 0.667. The highest BCUT2D eigenvalue weighted by Crippen LogP contribution is 2.44. The van der Waals surface area contributed by atoms with Crippen molar-refractivity contribution < 1.29 is 5.11 Å². The molecule has 1 aromatic heterocycles. The first kappa shape index (κ1) is 11.3. The number of nitrogens with zero attached hydrogens (tertiary/aromatic N) is 2. The van der Waals surface area contributed by atoms with E-state index in [0.29, 0.717) is 5.92 Å². The molecule has 0 radical (unpaired) electrons. The minimum Gasteiger partial charge on any atom is -0.396 e. The normalized spacial score (nSPS) is 17.5. The quantitative estimate of drug-likeness (QED) is 0.795. The summed E-state index contributed by atoms with van der Waals surface area (Å²) in [6, 6.07) is 1.98. The van der Waals surface area contributed by atoms with E-state index in [9.17, 15) is 5.11 Å². The van der Waals surface area contributed by atoms with Gasteiger partial charge in [0.2, 0.25) is 0 Å². The number of anilines is 1. The van der Waals surface area contributed by atoms with Crippen LogP contribution in [-0.2, 0) is 0 Å².